The van der Waals surface area contributed by atoms with Crippen molar-refractivity contribution in [3.8, 4) is 0 Å². The summed E-state index contributed by atoms with van der Waals surface area (Å²) in [6.07, 6.45) is 1.05. The number of hydrogen-bond donors (Lipinski definition) is 1. The zero-order chi connectivity index (χ0) is 12.3. The normalized spacial score (nSPS) is 11.2. The van der Waals surface area contributed by atoms with Gasteiger partial charge in [0.05, 0.1) is 4.92 Å². The number of benzene rings is 1. The number of rotatable bonds is 3. The predicted molar refractivity (Wildman–Crippen MR) is 54.3 cm³/mol. The molecule has 0 amide bonds. The molecule has 0 aliphatic heterocycles. The maximum Gasteiger partial charge on any atom is 0.331 e. The third-order valence-corrected chi connectivity index (χ3v) is 1.90. The fourth-order valence-corrected chi connectivity index (χ4v) is 1.05. The monoisotopic (exact) mass is 225 g/mol. The van der Waals surface area contributed by atoms with Gasteiger partial charge in [0.2, 0.25) is 0 Å². The minimum absolute atomic E-state index is 0.0978. The highest BCUT2D eigenvalue weighted by molar-refractivity contribution is 5.91. The van der Waals surface area contributed by atoms with Gasteiger partial charge in [0, 0.05) is 23.3 Å². The van der Waals surface area contributed by atoms with Crippen LogP contribution in [0.2, 0.25) is 0 Å². The zero-order valence-corrected chi connectivity index (χ0v) is 8.31. The SMILES string of the molecule is C/C(=C\c1cc([N+](=O)[O-])ccc1F)C(=O)O. The van der Waals surface area contributed by atoms with E-state index in [1.165, 1.54) is 6.92 Å². The van der Waals surface area contributed by atoms with Crippen molar-refractivity contribution in [2.45, 2.75) is 6.92 Å². The van der Waals surface area contributed by atoms with Crippen LogP contribution in [0, 0.1) is 15.9 Å². The maximum absolute atomic E-state index is 13.2. The Morgan fingerprint density at radius 2 is 2.19 bits per heavy atom. The number of non-ortho nitro benzene ring substituents is 1. The summed E-state index contributed by atoms with van der Waals surface area (Å²) in [4.78, 5) is 20.3. The van der Waals surface area contributed by atoms with Crippen molar-refractivity contribution < 1.29 is 19.2 Å². The van der Waals surface area contributed by atoms with Crippen molar-refractivity contribution in [3.05, 3.63) is 45.3 Å². The van der Waals surface area contributed by atoms with Crippen LogP contribution in [0.25, 0.3) is 6.08 Å². The molecule has 5 nitrogen and oxygen atoms in total. The first kappa shape index (κ1) is 11.8. The van der Waals surface area contributed by atoms with E-state index in [2.05, 4.69) is 0 Å². The van der Waals surface area contributed by atoms with Crippen molar-refractivity contribution in [2.24, 2.45) is 0 Å². The summed E-state index contributed by atoms with van der Waals surface area (Å²) < 4.78 is 13.2. The highest BCUT2D eigenvalue weighted by Crippen LogP contribution is 2.19. The van der Waals surface area contributed by atoms with E-state index in [1.54, 1.807) is 0 Å². The van der Waals surface area contributed by atoms with Gasteiger partial charge < -0.3 is 5.11 Å². The number of halogens is 1. The average Bonchev–Trinajstić information content (AvgIpc) is 2.20. The Balaban J connectivity index is 3.23. The average molecular weight is 225 g/mol. The Kier molecular flexibility index (Phi) is 3.34. The van der Waals surface area contributed by atoms with Crippen LogP contribution in [0.1, 0.15) is 12.5 Å². The van der Waals surface area contributed by atoms with Gasteiger partial charge in [-0.3, -0.25) is 10.1 Å². The summed E-state index contributed by atoms with van der Waals surface area (Å²) in [5, 5.41) is 19.0. The summed E-state index contributed by atoms with van der Waals surface area (Å²) in [5.74, 6) is -1.91. The first-order valence-electron chi connectivity index (χ1n) is 4.27. The molecule has 1 aromatic rings. The molecule has 0 atom stereocenters. The van der Waals surface area contributed by atoms with Crippen molar-refractivity contribution in [1.82, 2.24) is 0 Å². The third-order valence-electron chi connectivity index (χ3n) is 1.90. The topological polar surface area (TPSA) is 80.4 Å². The highest BCUT2D eigenvalue weighted by atomic mass is 19.1. The van der Waals surface area contributed by atoms with E-state index < -0.39 is 16.7 Å². The smallest absolute Gasteiger partial charge is 0.331 e. The fourth-order valence-electron chi connectivity index (χ4n) is 1.05. The summed E-state index contributed by atoms with van der Waals surface area (Å²) in [6, 6.07) is 2.93. The quantitative estimate of drug-likeness (QED) is 0.485. The summed E-state index contributed by atoms with van der Waals surface area (Å²) in [7, 11) is 0. The van der Waals surface area contributed by atoms with Crippen LogP contribution in [0.4, 0.5) is 10.1 Å². The Morgan fingerprint density at radius 3 is 2.69 bits per heavy atom. The second-order valence-electron chi connectivity index (χ2n) is 3.10. The molecule has 0 saturated heterocycles. The molecule has 84 valence electrons. The van der Waals surface area contributed by atoms with Gasteiger partial charge in [-0.1, -0.05) is 0 Å². The lowest BCUT2D eigenvalue weighted by atomic mass is 10.1. The minimum Gasteiger partial charge on any atom is -0.478 e. The van der Waals surface area contributed by atoms with Crippen LogP contribution in [-0.2, 0) is 4.79 Å². The molecule has 1 rings (SSSR count). The van der Waals surface area contributed by atoms with Gasteiger partial charge in [0.15, 0.2) is 0 Å². The van der Waals surface area contributed by atoms with E-state index in [0.29, 0.717) is 0 Å². The number of nitro benzene ring substituents is 1. The molecule has 1 N–H and O–H groups in total. The number of nitro groups is 1. The molecule has 1 aromatic carbocycles. The number of nitrogens with zero attached hydrogens (tertiary/aromatic N) is 1. The van der Waals surface area contributed by atoms with E-state index in [0.717, 1.165) is 24.3 Å². The van der Waals surface area contributed by atoms with Crippen LogP contribution in [0.5, 0.6) is 0 Å². The molecule has 0 bridgehead atoms. The van der Waals surface area contributed by atoms with Gasteiger partial charge in [-0.25, -0.2) is 9.18 Å². The van der Waals surface area contributed by atoms with Crippen LogP contribution in [-0.4, -0.2) is 16.0 Å². The summed E-state index contributed by atoms with van der Waals surface area (Å²) in [6.45, 7) is 1.28. The van der Waals surface area contributed by atoms with Gasteiger partial charge in [0.1, 0.15) is 5.82 Å². The summed E-state index contributed by atoms with van der Waals surface area (Å²) >= 11 is 0. The Bertz CT molecular complexity index is 482. The lowest BCUT2D eigenvalue weighted by Gasteiger charge is -1.98. The van der Waals surface area contributed by atoms with Crippen molar-refractivity contribution in [1.29, 1.82) is 0 Å². The summed E-state index contributed by atoms with van der Waals surface area (Å²) in [5.41, 5.74) is -0.501. The largest absolute Gasteiger partial charge is 0.478 e. The molecule has 0 aliphatic rings. The van der Waals surface area contributed by atoms with Crippen molar-refractivity contribution in [3.63, 3.8) is 0 Å². The van der Waals surface area contributed by atoms with Crippen molar-refractivity contribution in [2.75, 3.05) is 0 Å². The zero-order valence-electron chi connectivity index (χ0n) is 8.31. The van der Waals surface area contributed by atoms with E-state index in [-0.39, 0.29) is 16.8 Å². The Morgan fingerprint density at radius 1 is 1.56 bits per heavy atom. The molecular formula is C10H8FNO4. The first-order chi connectivity index (χ1) is 7.41. The number of aliphatic carboxylic acids is 1. The van der Waals surface area contributed by atoms with Crippen LogP contribution in [0.15, 0.2) is 23.8 Å². The number of carbonyl (C=O) groups is 1. The predicted octanol–water partition coefficient (Wildman–Crippen LogP) is 2.22. The van der Waals surface area contributed by atoms with E-state index in [4.69, 9.17) is 5.11 Å². The molecule has 0 spiro atoms. The molecular weight excluding hydrogens is 217 g/mol. The molecule has 0 heterocycles. The second-order valence-corrected chi connectivity index (χ2v) is 3.10. The van der Waals surface area contributed by atoms with Crippen LogP contribution < -0.4 is 0 Å². The van der Waals surface area contributed by atoms with E-state index >= 15 is 0 Å². The number of carboxylic acids is 1. The van der Waals surface area contributed by atoms with Crippen LogP contribution in [0.3, 0.4) is 0 Å². The molecule has 0 unspecified atom stereocenters. The second kappa shape index (κ2) is 4.52. The molecule has 16 heavy (non-hydrogen) atoms. The van der Waals surface area contributed by atoms with Crippen molar-refractivity contribution >= 4 is 17.7 Å². The van der Waals surface area contributed by atoms with Gasteiger partial charge >= 0.3 is 5.97 Å². The minimum atomic E-state index is -1.20. The molecule has 6 heteroatoms. The molecule has 0 aliphatic carbocycles. The standard InChI is InChI=1S/C10H8FNO4/c1-6(10(13)14)4-7-5-8(12(15)16)2-3-9(7)11/h2-5H,1H3,(H,13,14)/b6-4+. The third kappa shape index (κ3) is 2.63. The maximum atomic E-state index is 13.2. The number of hydrogen-bond acceptors (Lipinski definition) is 3. The molecule has 0 aromatic heterocycles. The molecule has 0 fully saturated rings. The Hall–Kier alpha value is -2.24. The Labute approximate surface area is 90.0 Å². The highest BCUT2D eigenvalue weighted by Gasteiger charge is 2.10. The van der Waals surface area contributed by atoms with Gasteiger partial charge in [-0.15, -0.1) is 0 Å². The number of carboxylic acid groups (broad SMARTS) is 1. The molecule has 0 saturated carbocycles. The van der Waals surface area contributed by atoms with Gasteiger partial charge in [-0.2, -0.15) is 0 Å². The fraction of sp³-hybridized carbons (Fsp3) is 0.100. The first-order valence-corrected chi connectivity index (χ1v) is 4.27. The lowest BCUT2D eigenvalue weighted by molar-refractivity contribution is -0.384. The van der Waals surface area contributed by atoms with Gasteiger partial charge in [0.25, 0.3) is 5.69 Å². The molecule has 0 radical (unpaired) electrons. The van der Waals surface area contributed by atoms with E-state index in [1.807, 2.05) is 0 Å². The van der Waals surface area contributed by atoms with E-state index in [9.17, 15) is 19.3 Å². The van der Waals surface area contributed by atoms with Crippen LogP contribution >= 0.6 is 0 Å². The lowest BCUT2D eigenvalue weighted by Crippen LogP contribution is -1.97. The van der Waals surface area contributed by atoms with Gasteiger partial charge in [-0.05, 0) is 19.1 Å².